The highest BCUT2D eigenvalue weighted by atomic mass is 16.7. The van der Waals surface area contributed by atoms with Gasteiger partial charge in [0.2, 0.25) is 0 Å². The molecule has 5 heteroatoms. The second-order valence-electron chi connectivity index (χ2n) is 3.12. The van der Waals surface area contributed by atoms with E-state index in [2.05, 4.69) is 4.74 Å². The topological polar surface area (TPSA) is 87.0 Å². The fraction of sp³-hybridized carbons (Fsp3) is 0.875. The highest BCUT2D eigenvalue weighted by Crippen LogP contribution is 2.23. The molecule has 0 amide bonds. The Kier molecular flexibility index (Phi) is 5.41. The van der Waals surface area contributed by atoms with Gasteiger partial charge < -0.3 is 20.1 Å². The van der Waals surface area contributed by atoms with E-state index >= 15 is 0 Å². The SMILES string of the molecule is CCCC(CO)(CO)COC(=O)O. The Morgan fingerprint density at radius 2 is 1.92 bits per heavy atom. The third-order valence-corrected chi connectivity index (χ3v) is 1.95. The van der Waals surface area contributed by atoms with Crippen molar-refractivity contribution in [3.8, 4) is 0 Å². The number of aliphatic hydroxyl groups is 2. The molecule has 0 unspecified atom stereocenters. The summed E-state index contributed by atoms with van der Waals surface area (Å²) in [6.07, 6.45) is -0.0976. The van der Waals surface area contributed by atoms with Gasteiger partial charge in [0.15, 0.2) is 0 Å². The Hall–Kier alpha value is -0.810. The Morgan fingerprint density at radius 1 is 1.38 bits per heavy atom. The maximum absolute atomic E-state index is 10.1. The van der Waals surface area contributed by atoms with Crippen molar-refractivity contribution < 1.29 is 24.9 Å². The van der Waals surface area contributed by atoms with E-state index in [9.17, 15) is 4.79 Å². The Bertz CT molecular complexity index is 153. The molecule has 0 aliphatic rings. The molecule has 0 aromatic heterocycles. The van der Waals surface area contributed by atoms with Crippen LogP contribution in [0.3, 0.4) is 0 Å². The molecular weight excluding hydrogens is 176 g/mol. The highest BCUT2D eigenvalue weighted by Gasteiger charge is 2.29. The molecule has 0 atom stereocenters. The summed E-state index contributed by atoms with van der Waals surface area (Å²) in [4.78, 5) is 10.1. The van der Waals surface area contributed by atoms with E-state index in [1.54, 1.807) is 0 Å². The zero-order valence-corrected chi connectivity index (χ0v) is 7.69. The lowest BCUT2D eigenvalue weighted by molar-refractivity contribution is -0.0209. The van der Waals surface area contributed by atoms with Gasteiger partial charge in [-0.25, -0.2) is 4.79 Å². The molecule has 0 fully saturated rings. The zero-order valence-electron chi connectivity index (χ0n) is 7.69. The maximum atomic E-state index is 10.1. The van der Waals surface area contributed by atoms with Crippen LogP contribution in [0.25, 0.3) is 0 Å². The standard InChI is InChI=1S/C8H16O5/c1-2-3-8(4-9,5-10)6-13-7(11)12/h9-10H,2-6H2,1H3,(H,11,12). The van der Waals surface area contributed by atoms with Crippen molar-refractivity contribution in [2.75, 3.05) is 19.8 Å². The third kappa shape index (κ3) is 4.10. The summed E-state index contributed by atoms with van der Waals surface area (Å²) in [5.74, 6) is 0. The molecule has 3 N–H and O–H groups in total. The number of hydrogen-bond donors (Lipinski definition) is 3. The van der Waals surface area contributed by atoms with Gasteiger partial charge in [-0.2, -0.15) is 0 Å². The minimum Gasteiger partial charge on any atom is -0.450 e. The number of ether oxygens (including phenoxy) is 1. The maximum Gasteiger partial charge on any atom is 0.505 e. The second-order valence-corrected chi connectivity index (χ2v) is 3.12. The minimum absolute atomic E-state index is 0.164. The second kappa shape index (κ2) is 5.77. The van der Waals surface area contributed by atoms with Gasteiger partial charge >= 0.3 is 6.16 Å². The first-order chi connectivity index (χ1) is 6.10. The summed E-state index contributed by atoms with van der Waals surface area (Å²) < 4.78 is 4.34. The lowest BCUT2D eigenvalue weighted by Crippen LogP contribution is -2.35. The smallest absolute Gasteiger partial charge is 0.450 e. The van der Waals surface area contributed by atoms with Crippen LogP contribution in [-0.2, 0) is 4.74 Å². The van der Waals surface area contributed by atoms with E-state index in [0.717, 1.165) is 6.42 Å². The van der Waals surface area contributed by atoms with Crippen LogP contribution >= 0.6 is 0 Å². The molecule has 0 saturated carbocycles. The molecular formula is C8H16O5. The summed E-state index contributed by atoms with van der Waals surface area (Å²) in [7, 11) is 0. The largest absolute Gasteiger partial charge is 0.505 e. The summed E-state index contributed by atoms with van der Waals surface area (Å²) in [6.45, 7) is 1.18. The van der Waals surface area contributed by atoms with Crippen molar-refractivity contribution in [1.29, 1.82) is 0 Å². The van der Waals surface area contributed by atoms with E-state index in [1.165, 1.54) is 0 Å². The fourth-order valence-corrected chi connectivity index (χ4v) is 1.12. The first-order valence-electron chi connectivity index (χ1n) is 4.17. The normalized spacial score (nSPS) is 11.3. The van der Waals surface area contributed by atoms with Crippen molar-refractivity contribution in [3.63, 3.8) is 0 Å². The molecule has 0 radical (unpaired) electrons. The van der Waals surface area contributed by atoms with Gasteiger partial charge in [-0.1, -0.05) is 13.3 Å². The van der Waals surface area contributed by atoms with E-state index in [4.69, 9.17) is 15.3 Å². The van der Waals surface area contributed by atoms with Gasteiger partial charge in [-0.15, -0.1) is 0 Å². The molecule has 0 aromatic carbocycles. The lowest BCUT2D eigenvalue weighted by atomic mass is 9.86. The molecule has 13 heavy (non-hydrogen) atoms. The quantitative estimate of drug-likeness (QED) is 0.532. The molecule has 0 rings (SSSR count). The third-order valence-electron chi connectivity index (χ3n) is 1.95. The number of aliphatic hydroxyl groups excluding tert-OH is 2. The van der Waals surface area contributed by atoms with Crippen LogP contribution < -0.4 is 0 Å². The minimum atomic E-state index is -1.39. The van der Waals surface area contributed by atoms with E-state index in [1.807, 2.05) is 6.92 Å². The van der Waals surface area contributed by atoms with Crippen LogP contribution in [-0.4, -0.2) is 41.3 Å². The van der Waals surface area contributed by atoms with Gasteiger partial charge in [-0.05, 0) is 6.42 Å². The van der Waals surface area contributed by atoms with Crippen molar-refractivity contribution in [1.82, 2.24) is 0 Å². The molecule has 78 valence electrons. The number of carbonyl (C=O) groups is 1. The monoisotopic (exact) mass is 192 g/mol. The van der Waals surface area contributed by atoms with E-state index in [-0.39, 0.29) is 19.8 Å². The van der Waals surface area contributed by atoms with Crippen LogP contribution in [0.15, 0.2) is 0 Å². The average molecular weight is 192 g/mol. The highest BCUT2D eigenvalue weighted by molar-refractivity contribution is 5.56. The molecule has 0 aromatic rings. The van der Waals surface area contributed by atoms with Crippen molar-refractivity contribution in [2.45, 2.75) is 19.8 Å². The van der Waals surface area contributed by atoms with Crippen LogP contribution in [0.5, 0.6) is 0 Å². The summed E-state index contributed by atoms with van der Waals surface area (Å²) in [5, 5.41) is 26.2. The van der Waals surface area contributed by atoms with Crippen molar-refractivity contribution >= 4 is 6.16 Å². The first-order valence-corrected chi connectivity index (χ1v) is 4.17. The number of carboxylic acid groups (broad SMARTS) is 1. The van der Waals surface area contributed by atoms with Gasteiger partial charge in [0, 0.05) is 0 Å². The molecule has 0 aliphatic carbocycles. The summed E-state index contributed by atoms with van der Waals surface area (Å²) in [6, 6.07) is 0. The summed E-state index contributed by atoms with van der Waals surface area (Å²) in [5.41, 5.74) is -0.826. The fourth-order valence-electron chi connectivity index (χ4n) is 1.12. The molecule has 0 aliphatic heterocycles. The van der Waals surface area contributed by atoms with E-state index < -0.39 is 11.6 Å². The Labute approximate surface area is 77.0 Å². The molecule has 5 nitrogen and oxygen atoms in total. The molecule has 0 bridgehead atoms. The number of hydrogen-bond acceptors (Lipinski definition) is 4. The van der Waals surface area contributed by atoms with Gasteiger partial charge in [0.25, 0.3) is 0 Å². The zero-order chi connectivity index (χ0) is 10.3. The molecule has 0 spiro atoms. The lowest BCUT2D eigenvalue weighted by Gasteiger charge is -2.27. The Morgan fingerprint density at radius 3 is 2.23 bits per heavy atom. The Balaban J connectivity index is 4.12. The summed E-state index contributed by atoms with van der Waals surface area (Å²) >= 11 is 0. The predicted molar refractivity (Wildman–Crippen MR) is 45.5 cm³/mol. The van der Waals surface area contributed by atoms with Gasteiger partial charge in [0.1, 0.15) is 6.61 Å². The average Bonchev–Trinajstić information content (AvgIpc) is 2.12. The van der Waals surface area contributed by atoms with Crippen LogP contribution in [0.4, 0.5) is 4.79 Å². The van der Waals surface area contributed by atoms with Crippen LogP contribution in [0.1, 0.15) is 19.8 Å². The van der Waals surface area contributed by atoms with Crippen LogP contribution in [0, 0.1) is 5.41 Å². The van der Waals surface area contributed by atoms with Gasteiger partial charge in [-0.3, -0.25) is 0 Å². The van der Waals surface area contributed by atoms with Crippen molar-refractivity contribution in [3.05, 3.63) is 0 Å². The number of rotatable bonds is 6. The van der Waals surface area contributed by atoms with E-state index in [0.29, 0.717) is 6.42 Å². The molecule has 0 saturated heterocycles. The predicted octanol–water partition coefficient (Wildman–Crippen LogP) is 0.452. The van der Waals surface area contributed by atoms with Crippen LogP contribution in [0.2, 0.25) is 0 Å². The van der Waals surface area contributed by atoms with Gasteiger partial charge in [0.05, 0.1) is 18.6 Å². The molecule has 0 heterocycles. The first kappa shape index (κ1) is 12.2. The van der Waals surface area contributed by atoms with Crippen molar-refractivity contribution in [2.24, 2.45) is 5.41 Å².